The van der Waals surface area contributed by atoms with Crippen LogP contribution in [0.3, 0.4) is 0 Å². The summed E-state index contributed by atoms with van der Waals surface area (Å²) in [5, 5.41) is 20.9. The van der Waals surface area contributed by atoms with Gasteiger partial charge in [-0.2, -0.15) is 0 Å². The van der Waals surface area contributed by atoms with Crippen LogP contribution in [0.25, 0.3) is 0 Å². The van der Waals surface area contributed by atoms with E-state index in [9.17, 15) is 14.3 Å². The lowest BCUT2D eigenvalue weighted by Gasteiger charge is -2.31. The van der Waals surface area contributed by atoms with E-state index in [2.05, 4.69) is 15.6 Å². The highest BCUT2D eigenvalue weighted by molar-refractivity contribution is 5.91. The Balaban J connectivity index is 1.57. The van der Waals surface area contributed by atoms with E-state index in [1.807, 2.05) is 0 Å². The number of aliphatic hydroxyl groups is 1. The molecule has 24 heavy (non-hydrogen) atoms. The fourth-order valence-electron chi connectivity index (χ4n) is 3.02. The second-order valence-corrected chi connectivity index (χ2v) is 6.40. The van der Waals surface area contributed by atoms with Gasteiger partial charge >= 0.3 is 0 Å². The first kappa shape index (κ1) is 16.6. The Labute approximate surface area is 139 Å². The summed E-state index contributed by atoms with van der Waals surface area (Å²) in [6.45, 7) is 0.560. The second-order valence-electron chi connectivity index (χ2n) is 6.40. The first-order valence-corrected chi connectivity index (χ1v) is 8.19. The molecule has 0 radical (unpaired) electrons. The summed E-state index contributed by atoms with van der Waals surface area (Å²) in [5.41, 5.74) is 0.111. The monoisotopic (exact) mass is 332 g/mol. The van der Waals surface area contributed by atoms with Crippen LogP contribution < -0.4 is 5.32 Å². The van der Waals surface area contributed by atoms with Gasteiger partial charge in [0, 0.05) is 6.54 Å². The molecule has 1 saturated carbocycles. The topological polar surface area (TPSA) is 80.0 Å². The van der Waals surface area contributed by atoms with E-state index >= 15 is 0 Å². The lowest BCUT2D eigenvalue weighted by Crippen LogP contribution is -2.44. The van der Waals surface area contributed by atoms with Gasteiger partial charge in [-0.3, -0.25) is 4.79 Å². The number of carbonyl (C=O) groups excluding carboxylic acids is 1. The van der Waals surface area contributed by atoms with E-state index in [0.717, 1.165) is 24.8 Å². The van der Waals surface area contributed by atoms with Gasteiger partial charge in [0.15, 0.2) is 5.69 Å². The van der Waals surface area contributed by atoms with E-state index in [0.29, 0.717) is 19.4 Å². The van der Waals surface area contributed by atoms with Crippen molar-refractivity contribution < 1.29 is 14.3 Å². The van der Waals surface area contributed by atoms with Crippen molar-refractivity contribution in [2.45, 2.75) is 44.2 Å². The first-order valence-electron chi connectivity index (χ1n) is 8.19. The van der Waals surface area contributed by atoms with E-state index in [1.54, 1.807) is 12.1 Å². The van der Waals surface area contributed by atoms with Gasteiger partial charge in [-0.05, 0) is 30.5 Å². The molecule has 0 saturated heterocycles. The van der Waals surface area contributed by atoms with Gasteiger partial charge in [0.25, 0.3) is 5.91 Å². The van der Waals surface area contributed by atoms with E-state index in [1.165, 1.54) is 23.0 Å². The Kier molecular flexibility index (Phi) is 4.89. The van der Waals surface area contributed by atoms with E-state index in [4.69, 9.17) is 0 Å². The molecular formula is C17H21FN4O2. The summed E-state index contributed by atoms with van der Waals surface area (Å²) in [4.78, 5) is 12.2. The summed E-state index contributed by atoms with van der Waals surface area (Å²) in [6.07, 6.45) is 6.03. The Morgan fingerprint density at radius 1 is 1.33 bits per heavy atom. The third kappa shape index (κ3) is 4.17. The molecule has 0 unspecified atom stereocenters. The zero-order chi connectivity index (χ0) is 17.0. The van der Waals surface area contributed by atoms with Gasteiger partial charge in [-0.1, -0.05) is 36.6 Å². The largest absolute Gasteiger partial charge is 0.388 e. The van der Waals surface area contributed by atoms with Gasteiger partial charge in [-0.25, -0.2) is 9.07 Å². The molecule has 1 amide bonds. The summed E-state index contributed by atoms with van der Waals surface area (Å²) in [6, 6.07) is 6.20. The summed E-state index contributed by atoms with van der Waals surface area (Å²) in [5.74, 6) is -0.675. The minimum Gasteiger partial charge on any atom is -0.388 e. The summed E-state index contributed by atoms with van der Waals surface area (Å²) < 4.78 is 14.7. The molecule has 1 aliphatic carbocycles. The molecule has 1 fully saturated rings. The Hall–Kier alpha value is -2.28. The number of rotatable bonds is 5. The number of amides is 1. The lowest BCUT2D eigenvalue weighted by atomic mass is 9.85. The van der Waals surface area contributed by atoms with Gasteiger partial charge in [0.05, 0.1) is 18.3 Å². The van der Waals surface area contributed by atoms with Crippen molar-refractivity contribution >= 4 is 5.91 Å². The Bertz CT molecular complexity index is 710. The zero-order valence-corrected chi connectivity index (χ0v) is 13.4. The highest BCUT2D eigenvalue weighted by Crippen LogP contribution is 2.27. The molecule has 0 aliphatic heterocycles. The normalized spacial score (nSPS) is 16.8. The van der Waals surface area contributed by atoms with Crippen LogP contribution in [0.4, 0.5) is 4.39 Å². The Morgan fingerprint density at radius 3 is 2.88 bits per heavy atom. The fraction of sp³-hybridized carbons (Fsp3) is 0.471. The van der Waals surface area contributed by atoms with Crippen molar-refractivity contribution in [1.29, 1.82) is 0 Å². The number of nitrogens with zero attached hydrogens (tertiary/aromatic N) is 3. The highest BCUT2D eigenvalue weighted by atomic mass is 19.1. The zero-order valence-electron chi connectivity index (χ0n) is 13.4. The molecule has 3 rings (SSSR count). The van der Waals surface area contributed by atoms with Crippen molar-refractivity contribution in [3.8, 4) is 0 Å². The van der Waals surface area contributed by atoms with Crippen molar-refractivity contribution in [2.75, 3.05) is 6.54 Å². The van der Waals surface area contributed by atoms with Crippen LogP contribution in [0, 0.1) is 5.82 Å². The summed E-state index contributed by atoms with van der Waals surface area (Å²) >= 11 is 0. The molecular weight excluding hydrogens is 311 g/mol. The van der Waals surface area contributed by atoms with E-state index < -0.39 is 5.60 Å². The van der Waals surface area contributed by atoms with Crippen molar-refractivity contribution in [3.05, 3.63) is 47.5 Å². The molecule has 128 valence electrons. The number of hydrogen-bond acceptors (Lipinski definition) is 4. The smallest absolute Gasteiger partial charge is 0.273 e. The summed E-state index contributed by atoms with van der Waals surface area (Å²) in [7, 11) is 0. The number of benzene rings is 1. The molecule has 0 spiro atoms. The maximum absolute atomic E-state index is 13.2. The van der Waals surface area contributed by atoms with Gasteiger partial charge in [0.1, 0.15) is 5.82 Å². The highest BCUT2D eigenvalue weighted by Gasteiger charge is 2.29. The second kappa shape index (κ2) is 7.09. The molecule has 0 bridgehead atoms. The molecule has 1 aromatic carbocycles. The number of halogens is 1. The Morgan fingerprint density at radius 2 is 2.12 bits per heavy atom. The molecule has 2 aromatic rings. The number of hydrogen-bond donors (Lipinski definition) is 2. The molecule has 7 heteroatoms. The SMILES string of the molecule is O=C(NCC1(O)CCCCC1)c1cn(Cc2cccc(F)c2)nn1. The van der Waals surface area contributed by atoms with E-state index in [-0.39, 0.29) is 24.0 Å². The van der Waals surface area contributed by atoms with Crippen molar-refractivity contribution in [3.63, 3.8) is 0 Å². The maximum Gasteiger partial charge on any atom is 0.273 e. The third-order valence-corrected chi connectivity index (χ3v) is 4.37. The molecule has 0 atom stereocenters. The standard InChI is InChI=1S/C17H21FN4O2/c18-14-6-4-5-13(9-14)10-22-11-15(20-21-22)16(23)19-12-17(24)7-2-1-3-8-17/h4-6,9,11,24H,1-3,7-8,10,12H2,(H,19,23). The van der Waals surface area contributed by atoms with Crippen molar-refractivity contribution in [1.82, 2.24) is 20.3 Å². The van der Waals surface area contributed by atoms with Gasteiger partial charge in [-0.15, -0.1) is 5.10 Å². The average molecular weight is 332 g/mol. The van der Waals surface area contributed by atoms with Gasteiger partial charge in [0.2, 0.25) is 0 Å². The van der Waals surface area contributed by atoms with Crippen LogP contribution in [0.5, 0.6) is 0 Å². The van der Waals surface area contributed by atoms with Crippen LogP contribution in [0.1, 0.15) is 48.2 Å². The van der Waals surface area contributed by atoms with Crippen LogP contribution in [-0.2, 0) is 6.54 Å². The van der Waals surface area contributed by atoms with Crippen LogP contribution >= 0.6 is 0 Å². The number of nitrogens with one attached hydrogen (secondary N) is 1. The van der Waals surface area contributed by atoms with Crippen LogP contribution in [0.2, 0.25) is 0 Å². The predicted molar refractivity (Wildman–Crippen MR) is 85.9 cm³/mol. The molecule has 2 N–H and O–H groups in total. The van der Waals surface area contributed by atoms with Crippen molar-refractivity contribution in [2.24, 2.45) is 0 Å². The average Bonchev–Trinajstić information content (AvgIpc) is 3.02. The minimum absolute atomic E-state index is 0.186. The maximum atomic E-state index is 13.2. The van der Waals surface area contributed by atoms with Crippen LogP contribution in [0.15, 0.2) is 30.5 Å². The fourth-order valence-corrected chi connectivity index (χ4v) is 3.02. The molecule has 1 aromatic heterocycles. The van der Waals surface area contributed by atoms with Crippen LogP contribution in [-0.4, -0.2) is 38.2 Å². The quantitative estimate of drug-likeness (QED) is 0.876. The molecule has 6 nitrogen and oxygen atoms in total. The number of aromatic nitrogens is 3. The minimum atomic E-state index is -0.814. The first-order chi connectivity index (χ1) is 11.5. The predicted octanol–water partition coefficient (Wildman–Crippen LogP) is 1.89. The van der Waals surface area contributed by atoms with Gasteiger partial charge < -0.3 is 10.4 Å². The molecule has 1 aliphatic rings. The molecule has 1 heterocycles. The number of carbonyl (C=O) groups is 1. The third-order valence-electron chi connectivity index (χ3n) is 4.37. The lowest BCUT2D eigenvalue weighted by molar-refractivity contribution is 0.00521.